The summed E-state index contributed by atoms with van der Waals surface area (Å²) in [7, 11) is 6.94. The lowest BCUT2D eigenvalue weighted by molar-refractivity contribution is -0.150. The smallest absolute Gasteiger partial charge is 0.310 e. The van der Waals surface area contributed by atoms with Crippen molar-refractivity contribution in [1.82, 2.24) is 19.6 Å². The maximum atomic E-state index is 12.9. The molecule has 4 rings (SSSR count). The van der Waals surface area contributed by atoms with Crippen LogP contribution in [0.3, 0.4) is 0 Å². The molecule has 3 aromatic rings. The van der Waals surface area contributed by atoms with Gasteiger partial charge in [0.1, 0.15) is 12.7 Å². The van der Waals surface area contributed by atoms with Crippen LogP contribution in [0.4, 0.5) is 0 Å². The molecule has 10 nitrogen and oxygen atoms in total. The van der Waals surface area contributed by atoms with E-state index in [2.05, 4.69) is 23.1 Å². The molecule has 0 radical (unpaired) electrons. The predicted octanol–water partition coefficient (Wildman–Crippen LogP) is 6.51. The minimum Gasteiger partial charge on any atom is -0.462 e. The van der Waals surface area contributed by atoms with Crippen LogP contribution in [-0.2, 0) is 36.7 Å². The lowest BCUT2D eigenvalue weighted by atomic mass is 9.98. The van der Waals surface area contributed by atoms with Crippen molar-refractivity contribution in [2.45, 2.75) is 76.7 Å². The lowest BCUT2D eigenvalue weighted by Crippen LogP contribution is -2.42. The second-order valence-corrected chi connectivity index (χ2v) is 14.8. The maximum Gasteiger partial charge on any atom is 0.310 e. The molecule has 3 aromatic carbocycles. The highest BCUT2D eigenvalue weighted by molar-refractivity contribution is 5.94. The van der Waals surface area contributed by atoms with Crippen LogP contribution < -0.4 is 0 Å². The minimum atomic E-state index is -0.178. The van der Waals surface area contributed by atoms with E-state index in [0.29, 0.717) is 38.0 Å². The van der Waals surface area contributed by atoms with Crippen LogP contribution >= 0.6 is 0 Å². The Kier molecular flexibility index (Phi) is 18.4. The Bertz CT molecular complexity index is 1620. The third-order valence-corrected chi connectivity index (χ3v) is 10.5. The largest absolute Gasteiger partial charge is 0.462 e. The number of carbonyl (C=O) groups is 4. The molecule has 298 valence electrons. The molecule has 1 saturated heterocycles. The Morgan fingerprint density at radius 3 is 2.05 bits per heavy atom. The summed E-state index contributed by atoms with van der Waals surface area (Å²) < 4.78 is 10.8. The van der Waals surface area contributed by atoms with Gasteiger partial charge in [0.25, 0.3) is 5.91 Å². The van der Waals surface area contributed by atoms with Crippen LogP contribution in [0.15, 0.2) is 78.9 Å². The fraction of sp³-hybridized carbons (Fsp3) is 0.511. The lowest BCUT2D eigenvalue weighted by Gasteiger charge is -2.32. The molecule has 0 saturated carbocycles. The van der Waals surface area contributed by atoms with Gasteiger partial charge in [0.15, 0.2) is 0 Å². The monoisotopic (exact) mass is 754 g/mol. The van der Waals surface area contributed by atoms with E-state index in [1.165, 1.54) is 12.7 Å². The van der Waals surface area contributed by atoms with E-state index < -0.39 is 0 Å². The van der Waals surface area contributed by atoms with E-state index in [0.717, 1.165) is 87.7 Å². The number of aryl methyl sites for hydroxylation is 1. The molecular formula is C45H62N4O6. The zero-order valence-corrected chi connectivity index (χ0v) is 33.5. The first kappa shape index (κ1) is 43.2. The third-order valence-electron chi connectivity index (χ3n) is 10.5. The van der Waals surface area contributed by atoms with Crippen molar-refractivity contribution >= 4 is 23.7 Å². The van der Waals surface area contributed by atoms with Gasteiger partial charge in [-0.05, 0) is 72.9 Å². The molecule has 0 unspecified atom stereocenters. The molecule has 0 aromatic heterocycles. The van der Waals surface area contributed by atoms with Gasteiger partial charge in [0, 0.05) is 79.5 Å². The second kappa shape index (κ2) is 23.4. The number of hydrogen-bond acceptors (Lipinski definition) is 7. The van der Waals surface area contributed by atoms with Crippen molar-refractivity contribution in [3.8, 4) is 11.1 Å². The highest BCUT2D eigenvalue weighted by atomic mass is 16.5. The van der Waals surface area contributed by atoms with Gasteiger partial charge in [0.05, 0.1) is 6.42 Å². The highest BCUT2D eigenvalue weighted by Gasteiger charge is 2.23. The quantitative estimate of drug-likeness (QED) is 0.0852. The Hall–Kier alpha value is -4.54. The summed E-state index contributed by atoms with van der Waals surface area (Å²) in [6.07, 6.45) is 9.31. The molecule has 1 fully saturated rings. The second-order valence-electron chi connectivity index (χ2n) is 14.8. The van der Waals surface area contributed by atoms with Crippen molar-refractivity contribution < 1.29 is 28.7 Å². The molecule has 0 bridgehead atoms. The summed E-state index contributed by atoms with van der Waals surface area (Å²) in [5.41, 5.74) is 5.04. The van der Waals surface area contributed by atoms with E-state index in [1.54, 1.807) is 23.9 Å². The van der Waals surface area contributed by atoms with Gasteiger partial charge < -0.3 is 29.1 Å². The number of ether oxygens (including phenoxy) is 2. The Balaban J connectivity index is 1.01. The molecule has 0 aliphatic carbocycles. The summed E-state index contributed by atoms with van der Waals surface area (Å²) in [5, 5.41) is 0. The number of benzene rings is 3. The first-order valence-electron chi connectivity index (χ1n) is 20.0. The van der Waals surface area contributed by atoms with Crippen molar-refractivity contribution in [3.05, 3.63) is 95.6 Å². The molecule has 1 heterocycles. The Morgan fingerprint density at radius 2 is 1.33 bits per heavy atom. The minimum absolute atomic E-state index is 0.0185. The number of methoxy groups -OCH3 is 1. The number of hydrogen-bond donors (Lipinski definition) is 0. The maximum absolute atomic E-state index is 12.9. The van der Waals surface area contributed by atoms with Crippen LogP contribution in [0.1, 0.15) is 79.3 Å². The number of nitrogens with zero attached hydrogens (tertiary/aromatic N) is 4. The van der Waals surface area contributed by atoms with Crippen LogP contribution in [0.2, 0.25) is 0 Å². The predicted molar refractivity (Wildman–Crippen MR) is 218 cm³/mol. The number of piperidine rings is 1. The van der Waals surface area contributed by atoms with Crippen molar-refractivity contribution in [2.75, 3.05) is 74.1 Å². The summed E-state index contributed by atoms with van der Waals surface area (Å²) >= 11 is 0. The number of likely N-dealkylation sites (N-methyl/N-ethyl adjacent to an activating group) is 2. The van der Waals surface area contributed by atoms with Crippen molar-refractivity contribution in [1.29, 1.82) is 0 Å². The number of esters is 1. The molecule has 55 heavy (non-hydrogen) atoms. The standard InChI is InChI=1S/C45H62N4O6/c1-46(43(51)35-54-4)28-15-29-48(3)45(53)38-24-22-36(23-25-38)16-9-6-5-7-12-21-42(50)47(2)32-33-49-30-26-40(27-31-49)55-44(52)34-39-19-13-14-20-41(39)37-17-10-8-11-18-37/h8,10-11,13-14,17-20,22-25,40H,5-7,9,12,15-16,21,26-35H2,1-4H3. The summed E-state index contributed by atoms with van der Waals surface area (Å²) in [4.78, 5) is 57.8. The number of likely N-dealkylation sites (tertiary alicyclic amines) is 1. The SMILES string of the molecule is COCC(=O)N(C)CCCN(C)C(=O)c1ccc(CCCCCCCC(=O)N(C)CCN2CCC(OC(=O)Cc3ccccc3-c3ccccc3)CC2)cc1. The van der Waals surface area contributed by atoms with Gasteiger partial charge >= 0.3 is 5.97 Å². The summed E-state index contributed by atoms with van der Waals surface area (Å²) in [6.45, 7) is 4.46. The number of amides is 3. The molecule has 0 N–H and O–H groups in total. The summed E-state index contributed by atoms with van der Waals surface area (Å²) in [6, 6.07) is 26.0. The topological polar surface area (TPSA) is 99.7 Å². The number of rotatable bonds is 22. The van der Waals surface area contributed by atoms with Crippen molar-refractivity contribution in [2.24, 2.45) is 0 Å². The van der Waals surface area contributed by atoms with Crippen LogP contribution in [0, 0.1) is 0 Å². The van der Waals surface area contributed by atoms with E-state index in [-0.39, 0.29) is 42.8 Å². The fourth-order valence-electron chi connectivity index (χ4n) is 6.99. The highest BCUT2D eigenvalue weighted by Crippen LogP contribution is 2.25. The Morgan fingerprint density at radius 1 is 0.691 bits per heavy atom. The van der Waals surface area contributed by atoms with E-state index in [1.807, 2.05) is 72.6 Å². The molecule has 10 heteroatoms. The average Bonchev–Trinajstić information content (AvgIpc) is 3.20. The van der Waals surface area contributed by atoms with E-state index in [4.69, 9.17) is 9.47 Å². The van der Waals surface area contributed by atoms with Crippen LogP contribution in [0.25, 0.3) is 11.1 Å². The molecule has 3 amide bonds. The van der Waals surface area contributed by atoms with Gasteiger partial charge in [-0.1, -0.05) is 86.0 Å². The molecule has 1 aliphatic rings. The first-order valence-corrected chi connectivity index (χ1v) is 20.0. The van der Waals surface area contributed by atoms with Crippen LogP contribution in [-0.4, -0.2) is 124 Å². The average molecular weight is 755 g/mol. The number of carbonyl (C=O) groups excluding carboxylic acids is 4. The normalized spacial score (nSPS) is 13.3. The van der Waals surface area contributed by atoms with Crippen molar-refractivity contribution in [3.63, 3.8) is 0 Å². The van der Waals surface area contributed by atoms with Gasteiger partial charge in [-0.25, -0.2) is 0 Å². The van der Waals surface area contributed by atoms with Gasteiger partial charge in [-0.2, -0.15) is 0 Å². The Labute approximate surface area is 328 Å². The van der Waals surface area contributed by atoms with E-state index >= 15 is 0 Å². The zero-order valence-electron chi connectivity index (χ0n) is 33.5. The molecular weight excluding hydrogens is 693 g/mol. The van der Waals surface area contributed by atoms with Gasteiger partial charge in [-0.3, -0.25) is 19.2 Å². The number of unbranched alkanes of at least 4 members (excludes halogenated alkanes) is 4. The molecule has 0 atom stereocenters. The summed E-state index contributed by atoms with van der Waals surface area (Å²) in [5.74, 6) is -0.0658. The van der Waals surface area contributed by atoms with Crippen LogP contribution in [0.5, 0.6) is 0 Å². The zero-order chi connectivity index (χ0) is 39.4. The van der Waals surface area contributed by atoms with Gasteiger partial charge in [-0.15, -0.1) is 0 Å². The molecule has 1 aliphatic heterocycles. The van der Waals surface area contributed by atoms with E-state index in [9.17, 15) is 19.2 Å². The third kappa shape index (κ3) is 14.9. The fourth-order valence-corrected chi connectivity index (χ4v) is 6.99. The van der Waals surface area contributed by atoms with Gasteiger partial charge in [0.2, 0.25) is 11.8 Å². The first-order chi connectivity index (χ1) is 26.6. The molecule has 0 spiro atoms.